The van der Waals surface area contributed by atoms with Gasteiger partial charge in [0.05, 0.1) is 11.0 Å². The number of nitro groups is 1. The Morgan fingerprint density at radius 1 is 1.33 bits per heavy atom. The van der Waals surface area contributed by atoms with Crippen LogP contribution in [0.25, 0.3) is 0 Å². The van der Waals surface area contributed by atoms with Crippen molar-refractivity contribution in [3.05, 3.63) is 64.0 Å². The summed E-state index contributed by atoms with van der Waals surface area (Å²) in [6.07, 6.45) is 0.663. The minimum absolute atomic E-state index is 0.152. The number of hydrogen-bond acceptors (Lipinski definition) is 4. The number of aromatic hydroxyl groups is 1. The predicted molar refractivity (Wildman–Crippen MR) is 77.8 cm³/mol. The van der Waals surface area contributed by atoms with Gasteiger partial charge in [0.1, 0.15) is 5.75 Å². The second-order valence-corrected chi connectivity index (χ2v) is 4.59. The maximum absolute atomic E-state index is 13.6. The Labute approximate surface area is 121 Å². The van der Waals surface area contributed by atoms with E-state index in [1.165, 1.54) is 6.07 Å². The first-order valence-electron chi connectivity index (χ1n) is 6.51. The summed E-state index contributed by atoms with van der Waals surface area (Å²) in [4.78, 5) is 9.83. The highest BCUT2D eigenvalue weighted by atomic mass is 19.1. The van der Waals surface area contributed by atoms with Gasteiger partial charge in [-0.1, -0.05) is 25.1 Å². The largest absolute Gasteiger partial charge is 0.508 e. The summed E-state index contributed by atoms with van der Waals surface area (Å²) in [7, 11) is 0. The lowest BCUT2D eigenvalue weighted by Gasteiger charge is -2.19. The minimum Gasteiger partial charge on any atom is -0.508 e. The van der Waals surface area contributed by atoms with Gasteiger partial charge in [-0.25, -0.2) is 0 Å². The van der Waals surface area contributed by atoms with E-state index in [1.54, 1.807) is 24.3 Å². The van der Waals surface area contributed by atoms with E-state index >= 15 is 0 Å². The number of para-hydroxylation sites is 1. The van der Waals surface area contributed by atoms with Crippen LogP contribution in [0.5, 0.6) is 5.75 Å². The number of hydrogen-bond donors (Lipinski definition) is 2. The zero-order valence-electron chi connectivity index (χ0n) is 11.4. The monoisotopic (exact) mass is 290 g/mol. The lowest BCUT2D eigenvalue weighted by Crippen LogP contribution is -2.10. The highest BCUT2D eigenvalue weighted by molar-refractivity contribution is 5.52. The van der Waals surface area contributed by atoms with Crippen molar-refractivity contribution < 1.29 is 14.4 Å². The van der Waals surface area contributed by atoms with Gasteiger partial charge >= 0.3 is 5.69 Å². The molecule has 1 atom stereocenters. The molecular weight excluding hydrogens is 275 g/mol. The SMILES string of the molecule is CCC(Nc1ccc([N+](=O)[O-])c(F)c1)c1ccccc1O. The van der Waals surface area contributed by atoms with Crippen LogP contribution in [-0.4, -0.2) is 10.0 Å². The van der Waals surface area contributed by atoms with Crippen molar-refractivity contribution in [2.24, 2.45) is 0 Å². The molecule has 2 aromatic carbocycles. The summed E-state index contributed by atoms with van der Waals surface area (Å²) in [6.45, 7) is 1.92. The number of rotatable bonds is 5. The van der Waals surface area contributed by atoms with Crippen LogP contribution in [0.3, 0.4) is 0 Å². The maximum atomic E-state index is 13.6. The molecule has 0 radical (unpaired) electrons. The maximum Gasteiger partial charge on any atom is 0.304 e. The predicted octanol–water partition coefficient (Wildman–Crippen LogP) is 4.00. The molecule has 2 N–H and O–H groups in total. The minimum atomic E-state index is -0.892. The van der Waals surface area contributed by atoms with E-state index in [2.05, 4.69) is 5.32 Å². The van der Waals surface area contributed by atoms with Gasteiger partial charge in [-0.2, -0.15) is 4.39 Å². The number of benzene rings is 2. The molecule has 21 heavy (non-hydrogen) atoms. The molecule has 0 spiro atoms. The molecule has 1 unspecified atom stereocenters. The van der Waals surface area contributed by atoms with Gasteiger partial charge < -0.3 is 10.4 Å². The molecule has 0 bridgehead atoms. The van der Waals surface area contributed by atoms with Crippen molar-refractivity contribution in [3.8, 4) is 5.75 Å². The lowest BCUT2D eigenvalue weighted by molar-refractivity contribution is -0.387. The fraction of sp³-hybridized carbons (Fsp3) is 0.200. The van der Waals surface area contributed by atoms with Gasteiger partial charge in [-0.3, -0.25) is 10.1 Å². The molecule has 0 amide bonds. The van der Waals surface area contributed by atoms with E-state index in [0.29, 0.717) is 17.7 Å². The van der Waals surface area contributed by atoms with Gasteiger partial charge in [0.25, 0.3) is 0 Å². The van der Waals surface area contributed by atoms with E-state index in [9.17, 15) is 19.6 Å². The highest BCUT2D eigenvalue weighted by Crippen LogP contribution is 2.30. The first-order valence-corrected chi connectivity index (χ1v) is 6.51. The number of nitrogens with zero attached hydrogens (tertiary/aromatic N) is 1. The Morgan fingerprint density at radius 2 is 2.05 bits per heavy atom. The molecule has 0 saturated heterocycles. The van der Waals surface area contributed by atoms with E-state index in [-0.39, 0.29) is 11.8 Å². The Morgan fingerprint density at radius 3 is 2.62 bits per heavy atom. The molecule has 0 aliphatic rings. The molecule has 0 aliphatic carbocycles. The molecule has 6 heteroatoms. The van der Waals surface area contributed by atoms with E-state index in [1.807, 2.05) is 6.92 Å². The molecule has 0 saturated carbocycles. The van der Waals surface area contributed by atoms with Crippen LogP contribution in [-0.2, 0) is 0 Å². The smallest absolute Gasteiger partial charge is 0.304 e. The normalized spacial score (nSPS) is 11.9. The van der Waals surface area contributed by atoms with Crippen LogP contribution < -0.4 is 5.32 Å². The quantitative estimate of drug-likeness (QED) is 0.644. The number of phenolic OH excluding ortho intramolecular Hbond substituents is 1. The van der Waals surface area contributed by atoms with E-state index < -0.39 is 16.4 Å². The van der Waals surface area contributed by atoms with E-state index in [0.717, 1.165) is 12.1 Å². The standard InChI is InChI=1S/C15H15FN2O3/c1-2-13(11-5-3-4-6-15(11)19)17-10-7-8-14(18(20)21)12(16)9-10/h3-9,13,17,19H,2H2,1H3. The van der Waals surface area contributed by atoms with Gasteiger partial charge in [0.15, 0.2) is 0 Å². The summed E-state index contributed by atoms with van der Waals surface area (Å²) >= 11 is 0. The zero-order chi connectivity index (χ0) is 15.4. The molecular formula is C15H15FN2O3. The van der Waals surface area contributed by atoms with Crippen LogP contribution in [0.2, 0.25) is 0 Å². The summed E-state index contributed by atoms with van der Waals surface area (Å²) < 4.78 is 13.6. The molecule has 5 nitrogen and oxygen atoms in total. The summed E-state index contributed by atoms with van der Waals surface area (Å²) in [5.74, 6) is -0.739. The van der Waals surface area contributed by atoms with Crippen molar-refractivity contribution in [2.75, 3.05) is 5.32 Å². The van der Waals surface area contributed by atoms with Crippen molar-refractivity contribution in [1.29, 1.82) is 0 Å². The molecule has 110 valence electrons. The highest BCUT2D eigenvalue weighted by Gasteiger charge is 2.17. The van der Waals surface area contributed by atoms with Crippen molar-refractivity contribution in [1.82, 2.24) is 0 Å². The van der Waals surface area contributed by atoms with Crippen molar-refractivity contribution >= 4 is 11.4 Å². The van der Waals surface area contributed by atoms with Crippen LogP contribution in [0.4, 0.5) is 15.8 Å². The molecule has 0 fully saturated rings. The average Bonchev–Trinajstić information content (AvgIpc) is 2.45. The van der Waals surface area contributed by atoms with Crippen molar-refractivity contribution in [2.45, 2.75) is 19.4 Å². The Hall–Kier alpha value is -2.63. The molecule has 0 heterocycles. The lowest BCUT2D eigenvalue weighted by atomic mass is 10.0. The zero-order valence-corrected chi connectivity index (χ0v) is 11.4. The van der Waals surface area contributed by atoms with Crippen LogP contribution in [0, 0.1) is 15.9 Å². The third kappa shape index (κ3) is 3.28. The van der Waals surface area contributed by atoms with Crippen molar-refractivity contribution in [3.63, 3.8) is 0 Å². The van der Waals surface area contributed by atoms with Gasteiger partial charge in [-0.05, 0) is 18.6 Å². The van der Waals surface area contributed by atoms with Crippen LogP contribution in [0.15, 0.2) is 42.5 Å². The number of nitrogens with one attached hydrogen (secondary N) is 1. The van der Waals surface area contributed by atoms with Gasteiger partial charge in [0.2, 0.25) is 5.82 Å². The first-order chi connectivity index (χ1) is 10.0. The summed E-state index contributed by atoms with van der Waals surface area (Å²) in [5, 5.41) is 23.5. The Balaban J connectivity index is 2.25. The second kappa shape index (κ2) is 6.21. The molecule has 0 aromatic heterocycles. The molecule has 0 aliphatic heterocycles. The van der Waals surface area contributed by atoms with Crippen LogP contribution in [0.1, 0.15) is 24.9 Å². The van der Waals surface area contributed by atoms with Gasteiger partial charge in [-0.15, -0.1) is 0 Å². The third-order valence-corrected chi connectivity index (χ3v) is 3.21. The summed E-state index contributed by atoms with van der Waals surface area (Å²) in [6, 6.07) is 10.3. The number of phenols is 1. The topological polar surface area (TPSA) is 75.4 Å². The summed E-state index contributed by atoms with van der Waals surface area (Å²) in [5.41, 5.74) is 0.558. The Bertz CT molecular complexity index is 661. The molecule has 2 rings (SSSR count). The number of nitro benzene ring substituents is 1. The van der Waals surface area contributed by atoms with Crippen LogP contribution >= 0.6 is 0 Å². The fourth-order valence-electron chi connectivity index (χ4n) is 2.13. The van der Waals surface area contributed by atoms with E-state index in [4.69, 9.17) is 0 Å². The second-order valence-electron chi connectivity index (χ2n) is 4.59. The Kier molecular flexibility index (Phi) is 4.37. The fourth-order valence-corrected chi connectivity index (χ4v) is 2.13. The first kappa shape index (κ1) is 14.8. The average molecular weight is 290 g/mol. The third-order valence-electron chi connectivity index (χ3n) is 3.21. The number of halogens is 1. The molecule has 2 aromatic rings. The number of anilines is 1. The van der Waals surface area contributed by atoms with Gasteiger partial charge in [0, 0.05) is 23.4 Å².